The molecule has 0 fully saturated rings. The van der Waals surface area contributed by atoms with E-state index in [2.05, 4.69) is 10.3 Å². The lowest BCUT2D eigenvalue weighted by Crippen LogP contribution is -2.28. The Morgan fingerprint density at radius 3 is 2.09 bits per heavy atom. The lowest BCUT2D eigenvalue weighted by atomic mass is 10.2. The van der Waals surface area contributed by atoms with Gasteiger partial charge in [0.15, 0.2) is 11.9 Å². The molecule has 12 heteroatoms. The first-order valence-corrected chi connectivity index (χ1v) is 15.4. The van der Waals surface area contributed by atoms with Crippen LogP contribution in [0.3, 0.4) is 0 Å². The number of ether oxygens (including phenoxy) is 2. The van der Waals surface area contributed by atoms with Gasteiger partial charge in [0.1, 0.15) is 5.75 Å². The Bertz CT molecular complexity index is 1670. The Balaban J connectivity index is 1.46. The molecule has 1 aromatic heterocycles. The van der Waals surface area contributed by atoms with Crippen LogP contribution in [0.5, 0.6) is 5.75 Å². The monoisotopic (exact) mass is 627 g/mol. The highest BCUT2D eigenvalue weighted by Gasteiger charge is 2.55. The Kier molecular flexibility index (Phi) is 9.00. The molecule has 4 aromatic carbocycles. The van der Waals surface area contributed by atoms with Crippen molar-refractivity contribution in [2.24, 2.45) is 0 Å². The van der Waals surface area contributed by atoms with E-state index in [1.165, 1.54) is 35.6 Å². The van der Waals surface area contributed by atoms with Crippen molar-refractivity contribution in [2.75, 3.05) is 18.7 Å². The molecule has 222 valence electrons. The van der Waals surface area contributed by atoms with Crippen LogP contribution in [0, 0.1) is 0 Å². The van der Waals surface area contributed by atoms with E-state index in [-0.39, 0.29) is 12.4 Å². The molecule has 0 radical (unpaired) electrons. The van der Waals surface area contributed by atoms with Gasteiger partial charge in [0.25, 0.3) is 5.91 Å². The molecule has 0 saturated carbocycles. The summed E-state index contributed by atoms with van der Waals surface area (Å²) in [6, 6.07) is 28.2. The van der Waals surface area contributed by atoms with Crippen molar-refractivity contribution in [3.63, 3.8) is 0 Å². The standard InChI is InChI=1S/C31H25F3N2O5S2/c1-2-39-20-40-22-15-18-26-27(19-22)42-30(35-26)36-28(37)21-13-16-25(17-14-21)43(23-9-5-3-6-10-23,24-11-7-4-8-12-24)41-29(38)31(32,33)34/h3-19H,2,20H2,1H3,(H,35,36,37)/p+1. The number of alkyl halides is 3. The maximum atomic E-state index is 13.6. The van der Waals surface area contributed by atoms with E-state index in [1.54, 1.807) is 78.9 Å². The number of benzene rings is 4. The molecule has 0 saturated heterocycles. The molecule has 0 atom stereocenters. The third-order valence-electron chi connectivity index (χ3n) is 6.14. The number of fused-ring (bicyclic) bond motifs is 1. The maximum Gasteiger partial charge on any atom is 0.607 e. The average Bonchev–Trinajstić information content (AvgIpc) is 3.42. The summed E-state index contributed by atoms with van der Waals surface area (Å²) in [5, 5.41) is 3.15. The summed E-state index contributed by atoms with van der Waals surface area (Å²) < 4.78 is 57.9. The van der Waals surface area contributed by atoms with Crippen molar-refractivity contribution >= 4 is 48.9 Å². The topological polar surface area (TPSA) is 91.1 Å². The molecule has 2 N–H and O–H groups in total. The summed E-state index contributed by atoms with van der Waals surface area (Å²) in [4.78, 5) is 28.8. The number of hydrogen-bond donors (Lipinski definition) is 1. The molecular formula is C31H26F3N2O5S2+. The van der Waals surface area contributed by atoms with Crippen LogP contribution in [0.15, 0.2) is 118 Å². The van der Waals surface area contributed by atoms with Gasteiger partial charge in [0.2, 0.25) is 0 Å². The van der Waals surface area contributed by atoms with Gasteiger partial charge in [0, 0.05) is 12.2 Å². The van der Waals surface area contributed by atoms with Crippen molar-refractivity contribution in [3.8, 4) is 5.75 Å². The molecule has 0 spiro atoms. The molecule has 0 bridgehead atoms. The molecule has 5 rings (SSSR count). The van der Waals surface area contributed by atoms with Crippen molar-refractivity contribution in [1.82, 2.24) is 4.98 Å². The average molecular weight is 628 g/mol. The first-order chi connectivity index (χ1) is 20.7. The number of thiazole rings is 1. The van der Waals surface area contributed by atoms with Gasteiger partial charge in [-0.15, -0.1) is 0 Å². The van der Waals surface area contributed by atoms with E-state index in [9.17, 15) is 22.8 Å². The Morgan fingerprint density at radius 1 is 0.907 bits per heavy atom. The minimum atomic E-state index is -5.10. The summed E-state index contributed by atoms with van der Waals surface area (Å²) >= 11 is 1.27. The van der Waals surface area contributed by atoms with E-state index < -0.39 is 28.4 Å². The number of amides is 1. The summed E-state index contributed by atoms with van der Waals surface area (Å²) in [5.41, 5.74) is 0.929. The Labute approximate surface area is 250 Å². The van der Waals surface area contributed by atoms with E-state index >= 15 is 0 Å². The molecule has 1 heterocycles. The van der Waals surface area contributed by atoms with Gasteiger partial charge in [-0.05, 0) is 73.7 Å². The highest BCUT2D eigenvalue weighted by atomic mass is 32.3. The van der Waals surface area contributed by atoms with Crippen LogP contribution in [0.1, 0.15) is 17.3 Å². The predicted octanol–water partition coefficient (Wildman–Crippen LogP) is 8.20. The van der Waals surface area contributed by atoms with Gasteiger partial charge < -0.3 is 14.3 Å². The fraction of sp³-hybridized carbons (Fsp3) is 0.129. The molecule has 43 heavy (non-hydrogen) atoms. The van der Waals surface area contributed by atoms with Gasteiger partial charge in [-0.25, -0.2) is 9.17 Å². The molecule has 1 amide bonds. The molecule has 0 aliphatic heterocycles. The van der Waals surface area contributed by atoms with Crippen LogP contribution >= 0.6 is 21.6 Å². The Hall–Kier alpha value is -4.39. The van der Waals surface area contributed by atoms with Crippen LogP contribution in [0.25, 0.3) is 10.2 Å². The molecule has 0 aliphatic rings. The zero-order valence-electron chi connectivity index (χ0n) is 22.7. The van der Waals surface area contributed by atoms with Crippen molar-refractivity contribution in [1.29, 1.82) is 0 Å². The lowest BCUT2D eigenvalue weighted by Gasteiger charge is -2.33. The van der Waals surface area contributed by atoms with Crippen LogP contribution in [0.4, 0.5) is 18.3 Å². The zero-order chi connectivity index (χ0) is 30.5. The number of nitrogens with one attached hydrogen (secondary N) is 1. The summed E-state index contributed by atoms with van der Waals surface area (Å²) in [7, 11) is -3.12. The summed E-state index contributed by atoms with van der Waals surface area (Å²) in [6.07, 6.45) is -5.10. The maximum absolute atomic E-state index is 13.6. The first kappa shape index (κ1) is 30.1. The first-order valence-electron chi connectivity index (χ1n) is 13.0. The lowest BCUT2D eigenvalue weighted by molar-refractivity contribution is -0.0777. The van der Waals surface area contributed by atoms with E-state index in [0.717, 1.165) is 4.70 Å². The molecule has 7 nitrogen and oxygen atoms in total. The second kappa shape index (κ2) is 12.9. The number of aromatic nitrogens is 1. The fourth-order valence-electron chi connectivity index (χ4n) is 4.15. The molecular weight excluding hydrogens is 601 g/mol. The van der Waals surface area contributed by atoms with Gasteiger partial charge >= 0.3 is 12.1 Å². The third-order valence-corrected chi connectivity index (χ3v) is 10.3. The van der Waals surface area contributed by atoms with E-state index in [4.69, 9.17) is 13.7 Å². The quantitative estimate of drug-likeness (QED) is 0.0958. The number of hydrogen-bond acceptors (Lipinski definition) is 6. The molecule has 5 aromatic rings. The minimum absolute atomic E-state index is 0.122. The highest BCUT2D eigenvalue weighted by molar-refractivity contribution is 8.30. The minimum Gasteiger partial charge on any atom is -0.468 e. The number of anilines is 1. The smallest absolute Gasteiger partial charge is 0.468 e. The normalized spacial score (nSPS) is 12.1. The van der Waals surface area contributed by atoms with Crippen LogP contribution in [0.2, 0.25) is 0 Å². The number of halogens is 3. The van der Waals surface area contributed by atoms with Crippen molar-refractivity contribution in [2.45, 2.75) is 27.8 Å². The largest absolute Gasteiger partial charge is 0.607 e. The third kappa shape index (κ3) is 6.66. The Morgan fingerprint density at radius 2 is 1.51 bits per heavy atom. The van der Waals surface area contributed by atoms with Gasteiger partial charge in [-0.1, -0.05) is 47.7 Å². The summed E-state index contributed by atoms with van der Waals surface area (Å²) in [5.74, 6) is -1.90. The number of carbonyl (C=O) groups is 1. The highest BCUT2D eigenvalue weighted by Crippen LogP contribution is 2.69. The molecule has 0 unspecified atom stereocenters. The van der Waals surface area contributed by atoms with Crippen LogP contribution in [-0.4, -0.2) is 41.2 Å². The van der Waals surface area contributed by atoms with Crippen molar-refractivity contribution < 1.29 is 36.4 Å². The van der Waals surface area contributed by atoms with E-state index in [0.29, 0.717) is 37.7 Å². The van der Waals surface area contributed by atoms with Gasteiger partial charge in [-0.3, -0.25) is 10.1 Å². The second-order valence-electron chi connectivity index (χ2n) is 8.95. The van der Waals surface area contributed by atoms with Crippen LogP contribution < -0.4 is 10.1 Å². The van der Waals surface area contributed by atoms with Crippen molar-refractivity contribution in [3.05, 3.63) is 109 Å². The molecule has 0 aliphatic carbocycles. The van der Waals surface area contributed by atoms with Gasteiger partial charge in [-0.2, -0.15) is 13.2 Å². The predicted molar refractivity (Wildman–Crippen MR) is 160 cm³/mol. The number of rotatable bonds is 10. The zero-order valence-corrected chi connectivity index (χ0v) is 24.3. The fourth-order valence-corrected chi connectivity index (χ4v) is 8.08. The second-order valence-corrected chi connectivity index (χ2v) is 12.7. The number of nitrogens with zero attached hydrogens (tertiary/aromatic N) is 1. The summed E-state index contributed by atoms with van der Waals surface area (Å²) in [6.45, 7) is 2.52. The number of carbonyl (C=O) groups excluding carboxylic acids is 2. The SMILES string of the molecule is CCOCOc1ccc2nc(NC(=O)c3ccc(S(OC(=[OH+])C(F)(F)F)(c4ccccc4)c4ccccc4)cc3)sc2c1. The van der Waals surface area contributed by atoms with Crippen LogP contribution in [-0.2, 0) is 8.92 Å². The van der Waals surface area contributed by atoms with Gasteiger partial charge in [0.05, 0.1) is 35.2 Å². The van der Waals surface area contributed by atoms with E-state index in [1.807, 2.05) is 6.92 Å².